The fourth-order valence-corrected chi connectivity index (χ4v) is 7.36. The van der Waals surface area contributed by atoms with Gasteiger partial charge in [0.2, 0.25) is 0 Å². The summed E-state index contributed by atoms with van der Waals surface area (Å²) in [5.74, 6) is 0.491. The van der Waals surface area contributed by atoms with E-state index in [4.69, 9.17) is 14.2 Å². The number of nitrogens with zero attached hydrogens (tertiary/aromatic N) is 1. The molecule has 318 valence electrons. The molecule has 6 heteroatoms. The molecule has 0 amide bonds. The van der Waals surface area contributed by atoms with E-state index < -0.39 is 0 Å². The van der Waals surface area contributed by atoms with Crippen molar-refractivity contribution in [3.05, 3.63) is 0 Å². The van der Waals surface area contributed by atoms with Crippen LogP contribution in [0.25, 0.3) is 0 Å². The predicted molar refractivity (Wildman–Crippen MR) is 229 cm³/mol. The largest absolute Gasteiger partial charge is 0.465 e. The molecule has 0 aromatic rings. The van der Waals surface area contributed by atoms with E-state index in [1.54, 1.807) is 0 Å². The molecule has 0 aromatic heterocycles. The molecule has 0 rings (SSSR count). The third kappa shape index (κ3) is 39.3. The third-order valence-corrected chi connectivity index (χ3v) is 10.9. The van der Waals surface area contributed by atoms with Crippen LogP contribution in [-0.4, -0.2) is 74.7 Å². The summed E-state index contributed by atoms with van der Waals surface area (Å²) in [4.78, 5) is 15.0. The maximum atomic E-state index is 12.7. The number of aliphatic hydroxyl groups excluding tert-OH is 1. The van der Waals surface area contributed by atoms with Gasteiger partial charge in [0.05, 0.1) is 25.9 Å². The molecule has 1 N–H and O–H groups in total. The molecule has 0 spiro atoms. The third-order valence-electron chi connectivity index (χ3n) is 10.9. The molecule has 53 heavy (non-hydrogen) atoms. The fourth-order valence-electron chi connectivity index (χ4n) is 7.36. The summed E-state index contributed by atoms with van der Waals surface area (Å²) >= 11 is 0. The summed E-state index contributed by atoms with van der Waals surface area (Å²) in [6, 6.07) is 0. The topological polar surface area (TPSA) is 68.2 Å². The van der Waals surface area contributed by atoms with E-state index in [-0.39, 0.29) is 18.7 Å². The maximum Gasteiger partial charge on any atom is 0.305 e. The lowest BCUT2D eigenvalue weighted by Crippen LogP contribution is -2.39. The number of aliphatic hydroxyl groups is 1. The Morgan fingerprint density at radius 3 is 1.49 bits per heavy atom. The molecule has 0 saturated heterocycles. The highest BCUT2D eigenvalue weighted by molar-refractivity contribution is 5.69. The first kappa shape index (κ1) is 52.3. The number of esters is 1. The van der Waals surface area contributed by atoms with Crippen molar-refractivity contribution < 1.29 is 24.1 Å². The Labute approximate surface area is 332 Å². The van der Waals surface area contributed by atoms with Gasteiger partial charge in [-0.2, -0.15) is 0 Å². The fraction of sp³-hybridized carbons (Fsp3) is 0.979. The number of hydrogen-bond donors (Lipinski definition) is 1. The first-order valence-electron chi connectivity index (χ1n) is 23.8. The minimum atomic E-state index is -0.0264. The molecule has 2 unspecified atom stereocenters. The Morgan fingerprint density at radius 1 is 0.509 bits per heavy atom. The van der Waals surface area contributed by atoms with Crippen LogP contribution in [0.3, 0.4) is 0 Å². The number of unbranched alkanes of at least 4 members (excludes halogenated alkanes) is 24. The second kappa shape index (κ2) is 44.0. The zero-order valence-electron chi connectivity index (χ0n) is 36.5. The van der Waals surface area contributed by atoms with Gasteiger partial charge in [-0.05, 0) is 51.0 Å². The van der Waals surface area contributed by atoms with Crippen molar-refractivity contribution in [3.8, 4) is 0 Å². The number of hydrogen-bond acceptors (Lipinski definition) is 6. The quantitative estimate of drug-likeness (QED) is 0.0493. The predicted octanol–water partition coefficient (Wildman–Crippen LogP) is 13.4. The van der Waals surface area contributed by atoms with E-state index in [2.05, 4.69) is 32.6 Å². The molecule has 0 saturated carbocycles. The van der Waals surface area contributed by atoms with Gasteiger partial charge >= 0.3 is 5.97 Å². The molecule has 0 radical (unpaired) electrons. The Balaban J connectivity index is 4.55. The van der Waals surface area contributed by atoms with Crippen molar-refractivity contribution in [2.75, 3.05) is 52.7 Å². The van der Waals surface area contributed by atoms with Crippen molar-refractivity contribution in [1.29, 1.82) is 0 Å². The monoisotopic (exact) mass is 754 g/mol. The lowest BCUT2D eigenvalue weighted by atomic mass is 9.95. The molecular formula is C47H95NO5. The summed E-state index contributed by atoms with van der Waals surface area (Å²) in [7, 11) is 0. The van der Waals surface area contributed by atoms with Crippen molar-refractivity contribution in [1.82, 2.24) is 4.90 Å². The summed E-state index contributed by atoms with van der Waals surface area (Å²) in [5, 5.41) is 9.84. The molecule has 0 bridgehead atoms. The van der Waals surface area contributed by atoms with E-state index in [9.17, 15) is 9.90 Å². The molecule has 2 atom stereocenters. The Bertz CT molecular complexity index is 706. The normalized spacial score (nSPS) is 12.9. The first-order valence-corrected chi connectivity index (χ1v) is 23.8. The van der Waals surface area contributed by atoms with Gasteiger partial charge in [-0.1, -0.05) is 188 Å². The van der Waals surface area contributed by atoms with E-state index in [0.29, 0.717) is 32.1 Å². The Kier molecular flexibility index (Phi) is 43.5. The van der Waals surface area contributed by atoms with Gasteiger partial charge in [0, 0.05) is 32.7 Å². The Morgan fingerprint density at radius 2 is 0.962 bits per heavy atom. The summed E-state index contributed by atoms with van der Waals surface area (Å²) in [6.07, 6.45) is 39.7. The maximum absolute atomic E-state index is 12.7. The lowest BCUT2D eigenvalue weighted by molar-refractivity contribution is -0.145. The number of ether oxygens (including phenoxy) is 3. The molecule has 0 aromatic carbocycles. The van der Waals surface area contributed by atoms with E-state index in [1.807, 2.05) is 0 Å². The van der Waals surface area contributed by atoms with Gasteiger partial charge in [-0.15, -0.1) is 0 Å². The second-order valence-electron chi connectivity index (χ2n) is 16.3. The standard InChI is InChI=1S/C47H95NO5/c1-5-9-13-17-20-21-22-23-25-32-40-51-44-46(52-41-33-26-19-15-11-7-3)42-48(38-39-49)37-31-27-30-36-47(50)53-43-45(34-28-16-12-8-4)35-29-24-18-14-10-6-2/h45-46,49H,5-44H2,1-4H3. The van der Waals surface area contributed by atoms with E-state index in [0.717, 1.165) is 58.4 Å². The first-order chi connectivity index (χ1) is 26.1. The highest BCUT2D eigenvalue weighted by Gasteiger charge is 2.16. The lowest BCUT2D eigenvalue weighted by Gasteiger charge is -2.27. The molecular weight excluding hydrogens is 659 g/mol. The Hall–Kier alpha value is -0.690. The van der Waals surface area contributed by atoms with Gasteiger partial charge in [0.1, 0.15) is 0 Å². The molecule has 6 nitrogen and oxygen atoms in total. The van der Waals surface area contributed by atoms with Crippen molar-refractivity contribution in [2.45, 2.75) is 239 Å². The summed E-state index contributed by atoms with van der Waals surface area (Å²) in [6.45, 7) is 14.4. The average Bonchev–Trinajstić information content (AvgIpc) is 3.16. The number of rotatable bonds is 45. The van der Waals surface area contributed by atoms with Crippen molar-refractivity contribution in [3.63, 3.8) is 0 Å². The van der Waals surface area contributed by atoms with Crippen LogP contribution in [0.5, 0.6) is 0 Å². The zero-order chi connectivity index (χ0) is 38.7. The minimum absolute atomic E-state index is 0.0264. The zero-order valence-corrected chi connectivity index (χ0v) is 36.5. The van der Waals surface area contributed by atoms with Crippen molar-refractivity contribution in [2.24, 2.45) is 5.92 Å². The molecule has 0 aliphatic carbocycles. The van der Waals surface area contributed by atoms with Crippen LogP contribution in [0.15, 0.2) is 0 Å². The van der Waals surface area contributed by atoms with Gasteiger partial charge in [0.25, 0.3) is 0 Å². The smallest absolute Gasteiger partial charge is 0.305 e. The van der Waals surface area contributed by atoms with Crippen LogP contribution in [0.4, 0.5) is 0 Å². The van der Waals surface area contributed by atoms with Crippen LogP contribution in [0.1, 0.15) is 233 Å². The minimum Gasteiger partial charge on any atom is -0.465 e. The molecule has 0 heterocycles. The van der Waals surface area contributed by atoms with Crippen LogP contribution >= 0.6 is 0 Å². The SMILES string of the molecule is CCCCCCCCCCCCOCC(CN(CCO)CCCCCC(=O)OCC(CCCCCC)CCCCCCCC)OCCCCCCCC. The number of carbonyl (C=O) groups excluding carboxylic acids is 1. The highest BCUT2D eigenvalue weighted by atomic mass is 16.5. The van der Waals surface area contributed by atoms with E-state index >= 15 is 0 Å². The van der Waals surface area contributed by atoms with Gasteiger partial charge in [0.15, 0.2) is 0 Å². The summed E-state index contributed by atoms with van der Waals surface area (Å²) in [5.41, 5.74) is 0. The van der Waals surface area contributed by atoms with Gasteiger partial charge in [-0.3, -0.25) is 9.69 Å². The molecule has 0 fully saturated rings. The summed E-state index contributed by atoms with van der Waals surface area (Å²) < 4.78 is 18.4. The number of carbonyl (C=O) groups is 1. The highest BCUT2D eigenvalue weighted by Crippen LogP contribution is 2.20. The molecule has 0 aliphatic heterocycles. The van der Waals surface area contributed by atoms with E-state index in [1.165, 1.54) is 167 Å². The average molecular weight is 754 g/mol. The van der Waals surface area contributed by atoms with Gasteiger partial charge < -0.3 is 19.3 Å². The van der Waals surface area contributed by atoms with Gasteiger partial charge in [-0.25, -0.2) is 0 Å². The molecule has 0 aliphatic rings. The van der Waals surface area contributed by atoms with Crippen LogP contribution in [0.2, 0.25) is 0 Å². The second-order valence-corrected chi connectivity index (χ2v) is 16.3. The van der Waals surface area contributed by atoms with Crippen LogP contribution in [-0.2, 0) is 19.0 Å². The van der Waals surface area contributed by atoms with Crippen molar-refractivity contribution >= 4 is 5.97 Å². The van der Waals surface area contributed by atoms with Crippen LogP contribution in [0, 0.1) is 5.92 Å². The van der Waals surface area contributed by atoms with Crippen LogP contribution < -0.4 is 0 Å².